The van der Waals surface area contributed by atoms with Crippen molar-refractivity contribution in [2.45, 2.75) is 45.6 Å². The number of hydrogen-bond donors (Lipinski definition) is 2. The number of carboxylic acid groups (broad SMARTS) is 1. The van der Waals surface area contributed by atoms with Crippen molar-refractivity contribution in [3.8, 4) is 6.07 Å². The highest BCUT2D eigenvalue weighted by molar-refractivity contribution is 7.59. The van der Waals surface area contributed by atoms with Crippen LogP contribution in [0, 0.1) is 17.2 Å². The van der Waals surface area contributed by atoms with Gasteiger partial charge < -0.3 is 20.1 Å². The molecule has 0 saturated carbocycles. The van der Waals surface area contributed by atoms with E-state index >= 15 is 0 Å². The van der Waals surface area contributed by atoms with Crippen molar-refractivity contribution in [2.24, 2.45) is 5.92 Å². The molecule has 0 unspecified atom stereocenters. The molecular weight excluding hydrogens is 454 g/mol. The van der Waals surface area contributed by atoms with E-state index in [2.05, 4.69) is 48.3 Å². The van der Waals surface area contributed by atoms with Crippen molar-refractivity contribution >= 4 is 50.0 Å². The summed E-state index contributed by atoms with van der Waals surface area (Å²) in [5, 5.41) is 21.9. The first-order valence-electron chi connectivity index (χ1n) is 10.9. The van der Waals surface area contributed by atoms with Gasteiger partial charge in [-0.1, -0.05) is 26.8 Å². The van der Waals surface area contributed by atoms with E-state index in [1.54, 1.807) is 12.1 Å². The zero-order chi connectivity index (χ0) is 22.4. The molecule has 6 nitrogen and oxygen atoms in total. The molecule has 2 atom stereocenters. The number of nitriles is 1. The van der Waals surface area contributed by atoms with Crippen molar-refractivity contribution in [3.05, 3.63) is 53.6 Å². The maximum atomic E-state index is 11.3. The lowest BCUT2D eigenvalue weighted by Gasteiger charge is -2.40. The average Bonchev–Trinajstić information content (AvgIpc) is 2.78. The van der Waals surface area contributed by atoms with Crippen molar-refractivity contribution in [1.29, 1.82) is 5.26 Å². The number of benzene rings is 2. The Bertz CT molecular complexity index is 945. The van der Waals surface area contributed by atoms with Crippen molar-refractivity contribution < 1.29 is 14.6 Å². The Balaban J connectivity index is 0.00000272. The molecule has 1 aliphatic heterocycles. The van der Waals surface area contributed by atoms with Gasteiger partial charge in [-0.05, 0) is 60.2 Å². The fraction of sp³-hybridized carbons (Fsp3) is 0.440. The van der Waals surface area contributed by atoms with Crippen LogP contribution < -0.4 is 10.2 Å². The van der Waals surface area contributed by atoms with Crippen molar-refractivity contribution in [2.75, 3.05) is 30.0 Å². The van der Waals surface area contributed by atoms with Gasteiger partial charge in [-0.2, -0.15) is 32.3 Å². The lowest BCUT2D eigenvalue weighted by atomic mass is 9.92. The average molecular weight is 490 g/mol. The maximum absolute atomic E-state index is 11.3. The number of carboxylic acids is 1. The summed E-state index contributed by atoms with van der Waals surface area (Å²) in [6, 6.07) is 16.0. The number of hydrogen-bond acceptors (Lipinski definition) is 5. The van der Waals surface area contributed by atoms with Gasteiger partial charge in [-0.25, -0.2) is 0 Å². The Labute approximate surface area is 210 Å². The van der Waals surface area contributed by atoms with Crippen LogP contribution in [-0.4, -0.2) is 36.9 Å². The van der Waals surface area contributed by atoms with E-state index in [1.165, 1.54) is 0 Å². The fourth-order valence-corrected chi connectivity index (χ4v) is 4.12. The van der Waals surface area contributed by atoms with E-state index in [9.17, 15) is 9.90 Å². The van der Waals surface area contributed by atoms with Crippen LogP contribution in [0.4, 0.5) is 17.1 Å². The van der Waals surface area contributed by atoms with E-state index in [4.69, 9.17) is 10.00 Å². The number of aliphatic carboxylic acids is 1. The fourth-order valence-electron chi connectivity index (χ4n) is 4.12. The molecule has 0 amide bonds. The number of nitrogens with zero attached hydrogens (tertiary/aromatic N) is 2. The summed E-state index contributed by atoms with van der Waals surface area (Å²) in [7, 11) is 0. The largest absolute Gasteiger partial charge is 0.481 e. The number of anilines is 3. The van der Waals surface area contributed by atoms with Crippen LogP contribution in [0.25, 0.3) is 0 Å². The van der Waals surface area contributed by atoms with Crippen LogP contribution in [0.15, 0.2) is 42.5 Å². The lowest BCUT2D eigenvalue weighted by molar-refractivity contribution is -0.137. The molecule has 0 aromatic heterocycles. The van der Waals surface area contributed by atoms with Crippen LogP contribution in [-0.2, 0) is 9.53 Å². The molecule has 0 spiro atoms. The first-order valence-corrected chi connectivity index (χ1v) is 10.9. The second-order valence-corrected chi connectivity index (χ2v) is 8.37. The van der Waals surface area contributed by atoms with Gasteiger partial charge >= 0.3 is 5.97 Å². The molecule has 3 rings (SSSR count). The van der Waals surface area contributed by atoms with E-state index < -0.39 is 5.97 Å². The molecule has 0 bridgehead atoms. The number of carbonyl (C=O) groups is 1. The summed E-state index contributed by atoms with van der Waals surface area (Å²) < 4.78 is 5.74. The molecule has 180 valence electrons. The standard InChI is InChI=1S/C25H31N3O3.2H2S/c1-4-19(14-25(29)30)20-7-10-23(28-11-12-31-16-24(28)17(2)3)22(13-20)27-21-8-5-18(15-26)6-9-21;;/h5-10,13,17,19,24,27H,4,11-12,14,16H2,1-3H3,(H,29,30);2*1H2/t19-,24+;;/m0../s1. The Kier molecular flexibility index (Phi) is 11.6. The normalized spacial score (nSPS) is 16.2. The number of rotatable bonds is 8. The summed E-state index contributed by atoms with van der Waals surface area (Å²) in [5.74, 6) is -0.401. The number of morpholine rings is 1. The Morgan fingerprint density at radius 1 is 1.24 bits per heavy atom. The Morgan fingerprint density at radius 2 is 1.94 bits per heavy atom. The van der Waals surface area contributed by atoms with Gasteiger partial charge in [0.05, 0.1) is 48.7 Å². The highest BCUT2D eigenvalue weighted by atomic mass is 32.1. The molecule has 0 aliphatic carbocycles. The second-order valence-electron chi connectivity index (χ2n) is 8.37. The molecule has 2 aromatic carbocycles. The third kappa shape index (κ3) is 7.32. The van der Waals surface area contributed by atoms with E-state index in [-0.39, 0.29) is 45.4 Å². The Morgan fingerprint density at radius 3 is 2.52 bits per heavy atom. The van der Waals surface area contributed by atoms with E-state index in [0.717, 1.165) is 35.6 Å². The van der Waals surface area contributed by atoms with Crippen LogP contribution in [0.1, 0.15) is 50.7 Å². The van der Waals surface area contributed by atoms with Gasteiger partial charge in [-0.15, -0.1) is 0 Å². The monoisotopic (exact) mass is 489 g/mol. The van der Waals surface area contributed by atoms with Crippen molar-refractivity contribution in [3.63, 3.8) is 0 Å². The minimum absolute atomic E-state index is 0. The topological polar surface area (TPSA) is 85.6 Å². The summed E-state index contributed by atoms with van der Waals surface area (Å²) in [5.41, 5.74) is 4.54. The highest BCUT2D eigenvalue weighted by Crippen LogP contribution is 2.36. The first-order chi connectivity index (χ1) is 14.9. The van der Waals surface area contributed by atoms with Crippen molar-refractivity contribution in [1.82, 2.24) is 0 Å². The molecule has 33 heavy (non-hydrogen) atoms. The second kappa shape index (κ2) is 13.4. The van der Waals surface area contributed by atoms with Gasteiger partial charge in [-0.3, -0.25) is 4.79 Å². The summed E-state index contributed by atoms with van der Waals surface area (Å²) in [4.78, 5) is 13.7. The predicted octanol–water partition coefficient (Wildman–Crippen LogP) is 5.36. The van der Waals surface area contributed by atoms with Gasteiger partial charge in [0.1, 0.15) is 0 Å². The van der Waals surface area contributed by atoms with Gasteiger partial charge in [0.25, 0.3) is 0 Å². The highest BCUT2D eigenvalue weighted by Gasteiger charge is 2.28. The predicted molar refractivity (Wildman–Crippen MR) is 144 cm³/mol. The van der Waals surface area contributed by atoms with Gasteiger partial charge in [0.2, 0.25) is 0 Å². The maximum Gasteiger partial charge on any atom is 0.303 e. The number of nitrogens with one attached hydrogen (secondary N) is 1. The van der Waals surface area contributed by atoms with Crippen LogP contribution in [0.5, 0.6) is 0 Å². The molecule has 8 heteroatoms. The zero-order valence-corrected chi connectivity index (χ0v) is 21.5. The molecule has 1 saturated heterocycles. The minimum atomic E-state index is -0.787. The summed E-state index contributed by atoms with van der Waals surface area (Å²) in [6.07, 6.45) is 0.868. The lowest BCUT2D eigenvalue weighted by Crippen LogP contribution is -2.48. The smallest absolute Gasteiger partial charge is 0.303 e. The molecule has 1 aliphatic rings. The zero-order valence-electron chi connectivity index (χ0n) is 19.5. The summed E-state index contributed by atoms with van der Waals surface area (Å²) in [6.45, 7) is 8.59. The molecule has 0 radical (unpaired) electrons. The minimum Gasteiger partial charge on any atom is -0.481 e. The van der Waals surface area contributed by atoms with Crippen LogP contribution >= 0.6 is 27.0 Å². The summed E-state index contributed by atoms with van der Waals surface area (Å²) >= 11 is 0. The molecule has 2 N–H and O–H groups in total. The Hall–Kier alpha value is -2.34. The van der Waals surface area contributed by atoms with Crippen LogP contribution in [0.2, 0.25) is 0 Å². The number of ether oxygens (including phenoxy) is 1. The third-order valence-corrected chi connectivity index (χ3v) is 5.94. The molecular formula is C25H35N3O3S2. The van der Waals surface area contributed by atoms with Gasteiger partial charge in [0.15, 0.2) is 0 Å². The molecule has 1 heterocycles. The molecule has 2 aromatic rings. The van der Waals surface area contributed by atoms with Crippen LogP contribution in [0.3, 0.4) is 0 Å². The van der Waals surface area contributed by atoms with Gasteiger partial charge in [0, 0.05) is 12.2 Å². The van der Waals surface area contributed by atoms with E-state index in [1.807, 2.05) is 19.1 Å². The SMILES string of the molecule is CC[C@@H](CC(=O)O)c1ccc(N2CCOC[C@@H]2C(C)C)c(Nc2ccc(C#N)cc2)c1.S.S. The third-order valence-electron chi connectivity index (χ3n) is 5.94. The first kappa shape index (κ1) is 28.7. The quantitative estimate of drug-likeness (QED) is 0.519. The molecule has 1 fully saturated rings. The van der Waals surface area contributed by atoms with E-state index in [0.29, 0.717) is 24.7 Å².